The lowest BCUT2D eigenvalue weighted by Gasteiger charge is -2.21. The van der Waals surface area contributed by atoms with Crippen molar-refractivity contribution in [1.82, 2.24) is 5.32 Å². The second kappa shape index (κ2) is 16.8. The van der Waals surface area contributed by atoms with E-state index >= 15 is 0 Å². The molecule has 0 aliphatic heterocycles. The molecule has 0 saturated heterocycles. The van der Waals surface area contributed by atoms with Gasteiger partial charge in [0.05, 0.1) is 12.5 Å². The highest BCUT2D eigenvalue weighted by Crippen LogP contribution is 2.30. The van der Waals surface area contributed by atoms with Gasteiger partial charge in [-0.1, -0.05) is 40.7 Å². The highest BCUT2D eigenvalue weighted by Gasteiger charge is 2.27. The minimum atomic E-state index is -0.975. The fourth-order valence-electron chi connectivity index (χ4n) is 2.98. The average Bonchev–Trinajstić information content (AvgIpc) is 2.90. The van der Waals surface area contributed by atoms with Crippen LogP contribution in [0.4, 0.5) is 9.59 Å². The first-order valence-electron chi connectivity index (χ1n) is 14.0. The van der Waals surface area contributed by atoms with Crippen molar-refractivity contribution >= 4 is 24.2 Å². The third-order valence-corrected chi connectivity index (χ3v) is 6.92. The van der Waals surface area contributed by atoms with E-state index in [1.165, 1.54) is 19.2 Å². The third-order valence-electron chi connectivity index (χ3n) is 6.92. The highest BCUT2D eigenvalue weighted by molar-refractivity contribution is 5.77. The van der Waals surface area contributed by atoms with Crippen LogP contribution < -0.4 is 14.8 Å². The summed E-state index contributed by atoms with van der Waals surface area (Å²) < 4.78 is 31.6. The minimum absolute atomic E-state index is 0.0521. The molecule has 0 aliphatic carbocycles. The number of benzene rings is 1. The molecule has 0 saturated carbocycles. The fraction of sp³-hybridized carbons (Fsp3) is 0.667. The van der Waals surface area contributed by atoms with Crippen molar-refractivity contribution < 1.29 is 47.6 Å². The molecule has 232 valence electrons. The van der Waals surface area contributed by atoms with E-state index in [1.807, 2.05) is 34.6 Å². The molecule has 0 aromatic heterocycles. The van der Waals surface area contributed by atoms with E-state index < -0.39 is 41.9 Å². The standard InChI is InChI=1S/C30H47NO10/c1-11-30(8,9)27(33)37-15-14-31-23(26(32)36-10)16-22-12-13-24(40-28(34)38-20(6)18(2)3)25(17-22)41-29(35)39-21(7)19(4)5/h12-13,17-21,23,31H,11,14-16H2,1-10H3/t20?,21?,23-/m0/s1. The number of ether oxygens (including phenoxy) is 6. The molecule has 1 aromatic rings. The second-order valence-electron chi connectivity index (χ2n) is 11.2. The van der Waals surface area contributed by atoms with Gasteiger partial charge in [-0.25, -0.2) is 9.59 Å². The number of hydrogen-bond acceptors (Lipinski definition) is 11. The smallest absolute Gasteiger partial charge is 0.468 e. The molecule has 11 nitrogen and oxygen atoms in total. The molecule has 0 spiro atoms. The van der Waals surface area contributed by atoms with Crippen molar-refractivity contribution in [2.24, 2.45) is 17.3 Å². The maximum Gasteiger partial charge on any atom is 0.514 e. The molecule has 1 aromatic carbocycles. The van der Waals surface area contributed by atoms with E-state index in [-0.39, 0.29) is 48.9 Å². The molecule has 0 fully saturated rings. The van der Waals surface area contributed by atoms with Crippen LogP contribution in [0, 0.1) is 17.3 Å². The van der Waals surface area contributed by atoms with Gasteiger partial charge >= 0.3 is 24.2 Å². The van der Waals surface area contributed by atoms with E-state index in [0.29, 0.717) is 12.0 Å². The molecule has 0 radical (unpaired) electrons. The number of nitrogens with one attached hydrogen (secondary N) is 1. The normalized spacial score (nSPS) is 13.7. The molecule has 0 aliphatic rings. The van der Waals surface area contributed by atoms with E-state index in [4.69, 9.17) is 28.4 Å². The summed E-state index contributed by atoms with van der Waals surface area (Å²) in [6.45, 7) is 16.8. The molecule has 0 bridgehead atoms. The highest BCUT2D eigenvalue weighted by atomic mass is 16.8. The van der Waals surface area contributed by atoms with Crippen molar-refractivity contribution in [2.45, 2.75) is 93.4 Å². The second-order valence-corrected chi connectivity index (χ2v) is 11.2. The van der Waals surface area contributed by atoms with Crippen molar-refractivity contribution in [3.8, 4) is 11.5 Å². The quantitative estimate of drug-likeness (QED) is 0.122. The molecule has 2 unspecified atom stereocenters. The van der Waals surface area contributed by atoms with Gasteiger partial charge in [0.15, 0.2) is 11.5 Å². The maximum absolute atomic E-state index is 12.5. The van der Waals surface area contributed by atoms with Crippen LogP contribution in [-0.2, 0) is 35.0 Å². The SMILES string of the molecule is CCC(C)(C)C(=O)OCCN[C@@H](Cc1ccc(OC(=O)OC(C)C(C)C)c(OC(=O)OC(C)C(C)C)c1)C(=O)OC. The zero-order valence-corrected chi connectivity index (χ0v) is 26.0. The lowest BCUT2D eigenvalue weighted by molar-refractivity contribution is -0.154. The fourth-order valence-corrected chi connectivity index (χ4v) is 2.98. The minimum Gasteiger partial charge on any atom is -0.468 e. The Morgan fingerprint density at radius 1 is 0.854 bits per heavy atom. The Hall–Kier alpha value is -3.34. The van der Waals surface area contributed by atoms with Gasteiger partial charge < -0.3 is 33.7 Å². The first kappa shape index (κ1) is 35.7. The molecule has 41 heavy (non-hydrogen) atoms. The molecular formula is C30H47NO10. The van der Waals surface area contributed by atoms with Crippen LogP contribution >= 0.6 is 0 Å². The summed E-state index contributed by atoms with van der Waals surface area (Å²) in [5.74, 6) is -0.888. The van der Waals surface area contributed by atoms with Gasteiger partial charge in [-0.3, -0.25) is 9.59 Å². The topological polar surface area (TPSA) is 136 Å². The van der Waals surface area contributed by atoms with Crippen LogP contribution in [0.2, 0.25) is 0 Å². The molecule has 1 N–H and O–H groups in total. The first-order chi connectivity index (χ1) is 19.1. The average molecular weight is 582 g/mol. The lowest BCUT2D eigenvalue weighted by atomic mass is 9.91. The largest absolute Gasteiger partial charge is 0.514 e. The monoisotopic (exact) mass is 581 g/mol. The molecule has 11 heteroatoms. The summed E-state index contributed by atoms with van der Waals surface area (Å²) >= 11 is 0. The zero-order valence-electron chi connectivity index (χ0n) is 26.0. The van der Waals surface area contributed by atoms with Crippen molar-refractivity contribution in [3.05, 3.63) is 23.8 Å². The van der Waals surface area contributed by atoms with E-state index in [2.05, 4.69) is 5.32 Å². The summed E-state index contributed by atoms with van der Waals surface area (Å²) in [7, 11) is 1.27. The van der Waals surface area contributed by atoms with Crippen LogP contribution in [0.15, 0.2) is 18.2 Å². The van der Waals surface area contributed by atoms with Crippen LogP contribution in [0.3, 0.4) is 0 Å². The predicted molar refractivity (Wildman–Crippen MR) is 152 cm³/mol. The number of carbonyl (C=O) groups is 4. The lowest BCUT2D eigenvalue weighted by Crippen LogP contribution is -2.41. The van der Waals surface area contributed by atoms with E-state index in [0.717, 1.165) is 0 Å². The Labute approximate surface area is 243 Å². The molecule has 1 rings (SSSR count). The molecule has 0 amide bonds. The van der Waals surface area contributed by atoms with E-state index in [9.17, 15) is 19.2 Å². The summed E-state index contributed by atoms with van der Waals surface area (Å²) in [6.07, 6.45) is -1.99. The Bertz CT molecular complexity index is 1020. The van der Waals surface area contributed by atoms with Gasteiger partial charge in [-0.15, -0.1) is 0 Å². The summed E-state index contributed by atoms with van der Waals surface area (Å²) in [5.41, 5.74) is -0.0389. The van der Waals surface area contributed by atoms with Gasteiger partial charge in [-0.2, -0.15) is 0 Å². The third kappa shape index (κ3) is 12.4. The molecule has 0 heterocycles. The summed E-state index contributed by atoms with van der Waals surface area (Å²) in [5, 5.41) is 3.03. The van der Waals surface area contributed by atoms with Crippen molar-refractivity contribution in [2.75, 3.05) is 20.3 Å². The first-order valence-corrected chi connectivity index (χ1v) is 14.0. The van der Waals surface area contributed by atoms with Gasteiger partial charge in [0.25, 0.3) is 0 Å². The zero-order chi connectivity index (χ0) is 31.3. The van der Waals surface area contributed by atoms with Crippen LogP contribution in [0.5, 0.6) is 11.5 Å². The molecule has 3 atom stereocenters. The van der Waals surface area contributed by atoms with E-state index in [1.54, 1.807) is 33.8 Å². The Kier molecular flexibility index (Phi) is 14.6. The van der Waals surface area contributed by atoms with Crippen LogP contribution in [-0.4, -0.2) is 62.8 Å². The van der Waals surface area contributed by atoms with Gasteiger partial charge in [0, 0.05) is 6.54 Å². The van der Waals surface area contributed by atoms with Crippen molar-refractivity contribution in [3.63, 3.8) is 0 Å². The number of hydrogen-bond donors (Lipinski definition) is 1. The Morgan fingerprint density at radius 3 is 1.88 bits per heavy atom. The van der Waals surface area contributed by atoms with Crippen LogP contribution in [0.25, 0.3) is 0 Å². The molecular weight excluding hydrogens is 534 g/mol. The number of esters is 2. The Morgan fingerprint density at radius 2 is 1.39 bits per heavy atom. The van der Waals surface area contributed by atoms with Crippen molar-refractivity contribution in [1.29, 1.82) is 0 Å². The number of methoxy groups -OCH3 is 1. The van der Waals surface area contributed by atoms with Gasteiger partial charge in [0.1, 0.15) is 24.9 Å². The van der Waals surface area contributed by atoms with Gasteiger partial charge in [0.2, 0.25) is 0 Å². The number of carbonyl (C=O) groups excluding carboxylic acids is 4. The summed E-state index contributed by atoms with van der Waals surface area (Å²) in [4.78, 5) is 49.6. The van der Waals surface area contributed by atoms with Crippen LogP contribution in [0.1, 0.15) is 74.3 Å². The summed E-state index contributed by atoms with van der Waals surface area (Å²) in [6, 6.07) is 3.72. The Balaban J connectivity index is 3.10. The predicted octanol–water partition coefficient (Wildman–Crippen LogP) is 5.46. The van der Waals surface area contributed by atoms with Gasteiger partial charge in [-0.05, 0) is 70.1 Å². The number of rotatable bonds is 15. The maximum atomic E-state index is 12.5.